The van der Waals surface area contributed by atoms with E-state index in [1.54, 1.807) is 0 Å². The molecule has 2 heteroatoms. The highest BCUT2D eigenvalue weighted by Crippen LogP contribution is 2.09. The summed E-state index contributed by atoms with van der Waals surface area (Å²) >= 11 is 0. The van der Waals surface area contributed by atoms with Crippen LogP contribution < -0.4 is 0 Å². The minimum absolute atomic E-state index is 1.07. The third-order valence-corrected chi connectivity index (χ3v) is 2.66. The van der Waals surface area contributed by atoms with Crippen LogP contribution in [0.25, 0.3) is 0 Å². The molecule has 1 aromatic heterocycles. The summed E-state index contributed by atoms with van der Waals surface area (Å²) in [5.41, 5.74) is 3.46. The molecule has 0 saturated carbocycles. The third-order valence-electron chi connectivity index (χ3n) is 2.66. The zero-order chi connectivity index (χ0) is 11.1. The van der Waals surface area contributed by atoms with E-state index in [1.807, 2.05) is 6.20 Å². The molecule has 0 aliphatic rings. The fraction of sp³-hybridized carbons (Fsp3) is 0.692. The lowest BCUT2D eigenvalue weighted by Crippen LogP contribution is -2.01. The van der Waals surface area contributed by atoms with Gasteiger partial charge in [-0.2, -0.15) is 0 Å². The van der Waals surface area contributed by atoms with Crippen LogP contribution in [0.1, 0.15) is 56.6 Å². The second-order valence-corrected chi connectivity index (χ2v) is 4.10. The Kier molecular flexibility index (Phi) is 5.30. The maximum absolute atomic E-state index is 4.68. The summed E-state index contributed by atoms with van der Waals surface area (Å²) in [4.78, 5) is 9.11. The molecule has 0 unspecified atom stereocenters. The van der Waals surface area contributed by atoms with Gasteiger partial charge in [-0.1, -0.05) is 26.7 Å². The molecule has 1 aromatic rings. The van der Waals surface area contributed by atoms with E-state index in [9.17, 15) is 0 Å². The minimum Gasteiger partial charge on any atom is -0.258 e. The number of aromatic nitrogens is 2. The highest BCUT2D eigenvalue weighted by Gasteiger charge is 2.03. The van der Waals surface area contributed by atoms with Gasteiger partial charge in [-0.3, -0.25) is 9.97 Å². The van der Waals surface area contributed by atoms with Crippen molar-refractivity contribution in [2.45, 2.75) is 59.3 Å². The van der Waals surface area contributed by atoms with Crippen molar-refractivity contribution >= 4 is 0 Å². The van der Waals surface area contributed by atoms with E-state index >= 15 is 0 Å². The first-order valence-electron chi connectivity index (χ1n) is 6.09. The average molecular weight is 206 g/mol. The van der Waals surface area contributed by atoms with Crippen molar-refractivity contribution in [3.63, 3.8) is 0 Å². The van der Waals surface area contributed by atoms with E-state index in [0.717, 1.165) is 24.2 Å². The van der Waals surface area contributed by atoms with E-state index in [2.05, 4.69) is 30.7 Å². The molecule has 0 aliphatic heterocycles. The lowest BCUT2D eigenvalue weighted by molar-refractivity contribution is 0.731. The zero-order valence-corrected chi connectivity index (χ0v) is 10.2. The van der Waals surface area contributed by atoms with Gasteiger partial charge >= 0.3 is 0 Å². The molecule has 0 aromatic carbocycles. The van der Waals surface area contributed by atoms with Gasteiger partial charge in [0.15, 0.2) is 0 Å². The zero-order valence-electron chi connectivity index (χ0n) is 10.2. The predicted octanol–water partition coefficient (Wildman–Crippen LogP) is 3.47. The summed E-state index contributed by atoms with van der Waals surface area (Å²) < 4.78 is 0. The molecular weight excluding hydrogens is 184 g/mol. The topological polar surface area (TPSA) is 25.8 Å². The summed E-state index contributed by atoms with van der Waals surface area (Å²) in [7, 11) is 0. The van der Waals surface area contributed by atoms with Crippen LogP contribution in [-0.4, -0.2) is 9.97 Å². The summed E-state index contributed by atoms with van der Waals surface area (Å²) in [5, 5.41) is 0. The molecule has 2 nitrogen and oxygen atoms in total. The monoisotopic (exact) mass is 206 g/mol. The number of rotatable bonds is 6. The molecule has 0 saturated heterocycles. The van der Waals surface area contributed by atoms with Crippen LogP contribution in [-0.2, 0) is 12.8 Å². The Bertz CT molecular complexity index is 295. The van der Waals surface area contributed by atoms with Crippen LogP contribution in [0, 0.1) is 6.92 Å². The van der Waals surface area contributed by atoms with Gasteiger partial charge in [-0.25, -0.2) is 0 Å². The van der Waals surface area contributed by atoms with Crippen LogP contribution >= 0.6 is 0 Å². The van der Waals surface area contributed by atoms with Crippen LogP contribution in [0.4, 0.5) is 0 Å². The fourth-order valence-electron chi connectivity index (χ4n) is 1.59. The highest BCUT2D eigenvalue weighted by atomic mass is 14.8. The van der Waals surface area contributed by atoms with Crippen LogP contribution in [0.3, 0.4) is 0 Å². The Morgan fingerprint density at radius 2 is 1.73 bits per heavy atom. The van der Waals surface area contributed by atoms with Crippen molar-refractivity contribution in [1.82, 2.24) is 9.97 Å². The fourth-order valence-corrected chi connectivity index (χ4v) is 1.59. The highest BCUT2D eigenvalue weighted by molar-refractivity contribution is 5.12. The van der Waals surface area contributed by atoms with Crippen LogP contribution in [0.15, 0.2) is 6.20 Å². The Morgan fingerprint density at radius 1 is 1.07 bits per heavy atom. The lowest BCUT2D eigenvalue weighted by Gasteiger charge is -2.06. The quantitative estimate of drug-likeness (QED) is 0.712. The van der Waals surface area contributed by atoms with Crippen molar-refractivity contribution in [3.05, 3.63) is 23.3 Å². The van der Waals surface area contributed by atoms with Crippen molar-refractivity contribution in [2.75, 3.05) is 0 Å². The number of unbranched alkanes of at least 4 members (excludes halogenated alkanes) is 2. The molecular formula is C13H22N2. The predicted molar refractivity (Wildman–Crippen MR) is 64.0 cm³/mol. The van der Waals surface area contributed by atoms with Gasteiger partial charge < -0.3 is 0 Å². The summed E-state index contributed by atoms with van der Waals surface area (Å²) in [6, 6.07) is 0. The second-order valence-electron chi connectivity index (χ2n) is 4.10. The molecule has 1 heterocycles. The molecule has 0 bridgehead atoms. The summed E-state index contributed by atoms with van der Waals surface area (Å²) in [6.07, 6.45) is 8.95. The van der Waals surface area contributed by atoms with Crippen LogP contribution in [0.5, 0.6) is 0 Å². The molecule has 84 valence electrons. The number of nitrogens with zero attached hydrogens (tertiary/aromatic N) is 2. The second kappa shape index (κ2) is 6.54. The van der Waals surface area contributed by atoms with Gasteiger partial charge in [0.2, 0.25) is 0 Å². The van der Waals surface area contributed by atoms with Gasteiger partial charge in [0.25, 0.3) is 0 Å². The van der Waals surface area contributed by atoms with Gasteiger partial charge in [-0.05, 0) is 32.6 Å². The van der Waals surface area contributed by atoms with Gasteiger partial charge in [0.05, 0.1) is 17.1 Å². The SMILES string of the molecule is CCCCc1cnc(C)c(CCCC)n1. The maximum Gasteiger partial charge on any atom is 0.0619 e. The van der Waals surface area contributed by atoms with Gasteiger partial charge in [0, 0.05) is 6.20 Å². The van der Waals surface area contributed by atoms with E-state index < -0.39 is 0 Å². The Balaban J connectivity index is 2.66. The Labute approximate surface area is 93.2 Å². The third kappa shape index (κ3) is 3.98. The maximum atomic E-state index is 4.68. The van der Waals surface area contributed by atoms with E-state index in [1.165, 1.54) is 31.4 Å². The molecule has 0 spiro atoms. The van der Waals surface area contributed by atoms with Crippen molar-refractivity contribution in [1.29, 1.82) is 0 Å². The normalized spacial score (nSPS) is 10.6. The largest absolute Gasteiger partial charge is 0.258 e. The standard InChI is InChI=1S/C13H22N2/c1-4-6-8-12-10-14-11(3)13(15-12)9-7-5-2/h10H,4-9H2,1-3H3. The molecule has 15 heavy (non-hydrogen) atoms. The van der Waals surface area contributed by atoms with Gasteiger partial charge in [-0.15, -0.1) is 0 Å². The average Bonchev–Trinajstić information content (AvgIpc) is 2.26. The first-order valence-corrected chi connectivity index (χ1v) is 6.09. The lowest BCUT2D eigenvalue weighted by atomic mass is 10.1. The number of hydrogen-bond donors (Lipinski definition) is 0. The Morgan fingerprint density at radius 3 is 2.40 bits per heavy atom. The van der Waals surface area contributed by atoms with E-state index in [-0.39, 0.29) is 0 Å². The first-order chi connectivity index (χ1) is 7.27. The van der Waals surface area contributed by atoms with Crippen molar-refractivity contribution < 1.29 is 0 Å². The van der Waals surface area contributed by atoms with E-state index in [4.69, 9.17) is 0 Å². The van der Waals surface area contributed by atoms with E-state index in [0.29, 0.717) is 0 Å². The van der Waals surface area contributed by atoms with Gasteiger partial charge in [0.1, 0.15) is 0 Å². The van der Waals surface area contributed by atoms with Crippen LogP contribution in [0.2, 0.25) is 0 Å². The molecule has 0 aliphatic carbocycles. The first kappa shape index (κ1) is 12.2. The summed E-state index contributed by atoms with van der Waals surface area (Å²) in [6.45, 7) is 6.48. The molecule has 0 radical (unpaired) electrons. The smallest absolute Gasteiger partial charge is 0.0619 e. The molecule has 0 atom stereocenters. The number of aryl methyl sites for hydroxylation is 3. The summed E-state index contributed by atoms with van der Waals surface area (Å²) in [5.74, 6) is 0. The molecule has 0 amide bonds. The molecule has 1 rings (SSSR count). The van der Waals surface area contributed by atoms with Crippen molar-refractivity contribution in [3.8, 4) is 0 Å². The number of hydrogen-bond acceptors (Lipinski definition) is 2. The van der Waals surface area contributed by atoms with Crippen molar-refractivity contribution in [2.24, 2.45) is 0 Å². The molecule has 0 N–H and O–H groups in total. The Hall–Kier alpha value is -0.920. The minimum atomic E-state index is 1.07. The molecule has 0 fully saturated rings.